The number of fused-ring (bicyclic) bond motifs is 1. The zero-order valence-electron chi connectivity index (χ0n) is 18.7. The molecule has 0 unspecified atom stereocenters. The fraction of sp³-hybridized carbons (Fsp3) is 0.462. The van der Waals surface area contributed by atoms with Gasteiger partial charge in [-0.2, -0.15) is 0 Å². The summed E-state index contributed by atoms with van der Waals surface area (Å²) in [6.45, 7) is 8.69. The lowest BCUT2D eigenvalue weighted by molar-refractivity contribution is 0.0666. The van der Waals surface area contributed by atoms with E-state index >= 15 is 0 Å². The Morgan fingerprint density at radius 2 is 2.03 bits per heavy atom. The summed E-state index contributed by atoms with van der Waals surface area (Å²) >= 11 is 0. The Kier molecular flexibility index (Phi) is 5.53. The standard InChI is InChI=1S/C26H31N3O2/c1-4-20-7-8-22(14-24(20)31-16-19-5-6-19)26-28-25(21-9-11-27-17(2)13-21)23-10-12-30-18(3)15-29(23)26/h7-9,11,13-14,18-19H,4-6,10,12,15-16H2,1-3H3/t18-/m1/s1. The number of aryl methyl sites for hydroxylation is 2. The number of ether oxygens (including phenoxy) is 2. The van der Waals surface area contributed by atoms with Gasteiger partial charge < -0.3 is 14.0 Å². The van der Waals surface area contributed by atoms with Gasteiger partial charge in [0.25, 0.3) is 0 Å². The van der Waals surface area contributed by atoms with E-state index in [0.717, 1.165) is 66.0 Å². The van der Waals surface area contributed by atoms with E-state index < -0.39 is 0 Å². The predicted molar refractivity (Wildman–Crippen MR) is 122 cm³/mol. The first-order chi connectivity index (χ1) is 15.1. The number of imidazole rings is 1. The molecule has 0 saturated heterocycles. The van der Waals surface area contributed by atoms with Gasteiger partial charge in [0.05, 0.1) is 31.6 Å². The average Bonchev–Trinajstić information content (AvgIpc) is 3.56. The van der Waals surface area contributed by atoms with Crippen molar-refractivity contribution in [1.29, 1.82) is 0 Å². The molecule has 162 valence electrons. The third kappa shape index (κ3) is 4.24. The first-order valence-electron chi connectivity index (χ1n) is 11.5. The van der Waals surface area contributed by atoms with Gasteiger partial charge in [-0.1, -0.05) is 19.1 Å². The highest BCUT2D eigenvalue weighted by Crippen LogP contribution is 2.35. The lowest BCUT2D eigenvalue weighted by Crippen LogP contribution is -2.15. The first kappa shape index (κ1) is 20.3. The molecule has 0 radical (unpaired) electrons. The fourth-order valence-electron chi connectivity index (χ4n) is 4.36. The number of hydrogen-bond donors (Lipinski definition) is 0. The Balaban J connectivity index is 1.60. The van der Waals surface area contributed by atoms with Crippen molar-refractivity contribution in [3.8, 4) is 28.4 Å². The third-order valence-corrected chi connectivity index (χ3v) is 6.30. The maximum atomic E-state index is 6.24. The molecule has 3 aromatic rings. The predicted octanol–water partition coefficient (Wildman–Crippen LogP) is 5.23. The Hall–Kier alpha value is -2.66. The molecule has 5 rings (SSSR count). The number of rotatable bonds is 6. The van der Waals surface area contributed by atoms with Gasteiger partial charge in [0, 0.05) is 35.1 Å². The lowest BCUT2D eigenvalue weighted by atomic mass is 10.1. The van der Waals surface area contributed by atoms with E-state index in [4.69, 9.17) is 14.5 Å². The minimum absolute atomic E-state index is 0.154. The summed E-state index contributed by atoms with van der Waals surface area (Å²) in [5.41, 5.74) is 6.77. The van der Waals surface area contributed by atoms with Crippen molar-refractivity contribution in [3.63, 3.8) is 0 Å². The van der Waals surface area contributed by atoms with Crippen LogP contribution in [0, 0.1) is 12.8 Å². The van der Waals surface area contributed by atoms with Crippen LogP contribution in [-0.4, -0.2) is 33.9 Å². The van der Waals surface area contributed by atoms with Crippen LogP contribution in [0.2, 0.25) is 0 Å². The van der Waals surface area contributed by atoms with Crippen LogP contribution >= 0.6 is 0 Å². The molecule has 1 atom stereocenters. The monoisotopic (exact) mass is 417 g/mol. The number of hydrogen-bond acceptors (Lipinski definition) is 4. The van der Waals surface area contributed by atoms with Crippen molar-refractivity contribution < 1.29 is 9.47 Å². The van der Waals surface area contributed by atoms with Gasteiger partial charge in [0.2, 0.25) is 0 Å². The molecule has 2 aromatic heterocycles. The van der Waals surface area contributed by atoms with Crippen molar-refractivity contribution in [2.75, 3.05) is 13.2 Å². The Bertz CT molecular complexity index is 1080. The van der Waals surface area contributed by atoms with Crippen LogP contribution in [0.5, 0.6) is 5.75 Å². The Labute approximate surface area is 184 Å². The number of benzene rings is 1. The van der Waals surface area contributed by atoms with Gasteiger partial charge in [-0.05, 0) is 62.8 Å². The minimum Gasteiger partial charge on any atom is -0.493 e. The van der Waals surface area contributed by atoms with Gasteiger partial charge in [-0.15, -0.1) is 0 Å². The van der Waals surface area contributed by atoms with Crippen LogP contribution in [-0.2, 0) is 24.1 Å². The number of aromatic nitrogens is 3. The quantitative estimate of drug-likeness (QED) is 0.551. The SMILES string of the molecule is CCc1ccc(-c2nc(-c3ccnc(C)c3)c3n2C[C@@H](C)OCC3)cc1OCC1CC1. The maximum absolute atomic E-state index is 6.24. The largest absolute Gasteiger partial charge is 0.493 e. The Morgan fingerprint density at radius 3 is 2.81 bits per heavy atom. The van der Waals surface area contributed by atoms with Gasteiger partial charge in [-0.3, -0.25) is 4.98 Å². The summed E-state index contributed by atoms with van der Waals surface area (Å²) in [6, 6.07) is 10.8. The molecule has 1 aromatic carbocycles. The van der Waals surface area contributed by atoms with Crippen LogP contribution in [0.3, 0.4) is 0 Å². The van der Waals surface area contributed by atoms with Gasteiger partial charge in [0.1, 0.15) is 11.6 Å². The molecule has 5 heteroatoms. The third-order valence-electron chi connectivity index (χ3n) is 6.30. The highest BCUT2D eigenvalue weighted by molar-refractivity contribution is 5.69. The zero-order chi connectivity index (χ0) is 21.4. The van der Waals surface area contributed by atoms with Crippen molar-refractivity contribution in [2.24, 2.45) is 5.92 Å². The molecular formula is C26H31N3O2. The second-order valence-electron chi connectivity index (χ2n) is 8.89. The molecule has 0 amide bonds. The maximum Gasteiger partial charge on any atom is 0.141 e. The highest BCUT2D eigenvalue weighted by Gasteiger charge is 2.25. The van der Waals surface area contributed by atoms with E-state index in [1.54, 1.807) is 0 Å². The molecule has 5 nitrogen and oxygen atoms in total. The summed E-state index contributed by atoms with van der Waals surface area (Å²) in [5, 5.41) is 0. The van der Waals surface area contributed by atoms with E-state index in [1.807, 2.05) is 13.1 Å². The Morgan fingerprint density at radius 1 is 1.16 bits per heavy atom. The molecule has 3 heterocycles. The lowest BCUT2D eigenvalue weighted by Gasteiger charge is -2.15. The number of pyridine rings is 1. The normalized spacial score (nSPS) is 18.5. The van der Waals surface area contributed by atoms with E-state index in [-0.39, 0.29) is 6.10 Å². The van der Waals surface area contributed by atoms with Gasteiger partial charge in [-0.25, -0.2) is 4.98 Å². The van der Waals surface area contributed by atoms with Crippen LogP contribution < -0.4 is 4.74 Å². The molecule has 0 spiro atoms. The molecule has 1 aliphatic heterocycles. The van der Waals surface area contributed by atoms with Crippen molar-refractivity contribution in [3.05, 3.63) is 53.5 Å². The van der Waals surface area contributed by atoms with Crippen LogP contribution in [0.4, 0.5) is 0 Å². The molecule has 1 fully saturated rings. The number of nitrogens with zero attached hydrogens (tertiary/aromatic N) is 3. The summed E-state index contributed by atoms with van der Waals surface area (Å²) in [7, 11) is 0. The van der Waals surface area contributed by atoms with Gasteiger partial charge in [0.15, 0.2) is 0 Å². The topological polar surface area (TPSA) is 49.2 Å². The minimum atomic E-state index is 0.154. The van der Waals surface area contributed by atoms with Crippen LogP contribution in [0.25, 0.3) is 22.6 Å². The molecule has 0 N–H and O–H groups in total. The second-order valence-corrected chi connectivity index (χ2v) is 8.89. The molecular weight excluding hydrogens is 386 g/mol. The summed E-state index contributed by atoms with van der Waals surface area (Å²) in [5.74, 6) is 2.73. The molecule has 1 aliphatic carbocycles. The van der Waals surface area contributed by atoms with E-state index in [0.29, 0.717) is 6.61 Å². The van der Waals surface area contributed by atoms with Crippen molar-refractivity contribution in [2.45, 2.75) is 59.1 Å². The second kappa shape index (κ2) is 8.46. The highest BCUT2D eigenvalue weighted by atomic mass is 16.5. The summed E-state index contributed by atoms with van der Waals surface area (Å²) in [6.07, 6.45) is 6.43. The summed E-state index contributed by atoms with van der Waals surface area (Å²) in [4.78, 5) is 9.55. The fourth-order valence-corrected chi connectivity index (χ4v) is 4.36. The van der Waals surface area contributed by atoms with Crippen molar-refractivity contribution >= 4 is 0 Å². The molecule has 2 aliphatic rings. The van der Waals surface area contributed by atoms with Crippen molar-refractivity contribution in [1.82, 2.24) is 14.5 Å². The van der Waals surface area contributed by atoms with E-state index in [1.165, 1.54) is 24.1 Å². The van der Waals surface area contributed by atoms with Crippen LogP contribution in [0.15, 0.2) is 36.5 Å². The molecule has 31 heavy (non-hydrogen) atoms. The van der Waals surface area contributed by atoms with E-state index in [2.05, 4.69) is 53.7 Å². The van der Waals surface area contributed by atoms with E-state index in [9.17, 15) is 0 Å². The van der Waals surface area contributed by atoms with Crippen LogP contribution in [0.1, 0.15) is 43.6 Å². The molecule has 1 saturated carbocycles. The van der Waals surface area contributed by atoms with Gasteiger partial charge >= 0.3 is 0 Å². The summed E-state index contributed by atoms with van der Waals surface area (Å²) < 4.78 is 14.6. The smallest absolute Gasteiger partial charge is 0.141 e. The average molecular weight is 418 g/mol. The first-order valence-corrected chi connectivity index (χ1v) is 11.5. The molecule has 0 bridgehead atoms. The zero-order valence-corrected chi connectivity index (χ0v) is 18.7.